The van der Waals surface area contributed by atoms with Crippen molar-refractivity contribution < 1.29 is 14.3 Å². The average Bonchev–Trinajstić information content (AvgIpc) is 3.06. The van der Waals surface area contributed by atoms with E-state index in [1.54, 1.807) is 17.2 Å². The van der Waals surface area contributed by atoms with E-state index in [2.05, 4.69) is 4.98 Å². The Balaban J connectivity index is 1.92. The zero-order chi connectivity index (χ0) is 16.9. The lowest BCUT2D eigenvalue weighted by molar-refractivity contribution is 0.0531. The number of carbonyl (C=O) groups excluding carboxylic acids is 1. The van der Waals surface area contributed by atoms with Crippen LogP contribution in [0.4, 0.5) is 0 Å². The highest BCUT2D eigenvalue weighted by Crippen LogP contribution is 2.22. The fourth-order valence-electron chi connectivity index (χ4n) is 2.71. The maximum Gasteiger partial charge on any atom is 0.290 e. The van der Waals surface area contributed by atoms with Crippen molar-refractivity contribution in [2.24, 2.45) is 0 Å². The van der Waals surface area contributed by atoms with Gasteiger partial charge in [-0.2, -0.15) is 0 Å². The molecule has 1 N–H and O–H groups in total. The van der Waals surface area contributed by atoms with Gasteiger partial charge in [0.05, 0.1) is 24.9 Å². The second-order valence-electron chi connectivity index (χ2n) is 5.65. The zero-order valence-electron chi connectivity index (χ0n) is 13.6. The molecule has 0 bridgehead atoms. The van der Waals surface area contributed by atoms with Gasteiger partial charge in [0.1, 0.15) is 5.58 Å². The molecule has 24 heavy (non-hydrogen) atoms. The van der Waals surface area contributed by atoms with Crippen LogP contribution in [0.2, 0.25) is 0 Å². The number of aliphatic hydroxyl groups is 1. The number of nitrogens with zero attached hydrogens (tertiary/aromatic N) is 2. The maximum absolute atomic E-state index is 13.0. The van der Waals surface area contributed by atoms with Gasteiger partial charge in [0.2, 0.25) is 0 Å². The lowest BCUT2D eigenvalue weighted by Crippen LogP contribution is -2.41. The third-order valence-corrected chi connectivity index (χ3v) is 4.08. The molecule has 0 aliphatic carbocycles. The van der Waals surface area contributed by atoms with Crippen LogP contribution in [0.5, 0.6) is 0 Å². The molecule has 0 spiro atoms. The largest absolute Gasteiger partial charge is 0.451 e. The summed E-state index contributed by atoms with van der Waals surface area (Å²) in [5, 5.41) is 10.6. The van der Waals surface area contributed by atoms with E-state index in [0.29, 0.717) is 18.5 Å². The summed E-state index contributed by atoms with van der Waals surface area (Å²) in [6.45, 7) is 2.17. The molecule has 1 amide bonds. The van der Waals surface area contributed by atoms with Gasteiger partial charge in [-0.1, -0.05) is 31.2 Å². The van der Waals surface area contributed by atoms with Gasteiger partial charge in [-0.05, 0) is 30.7 Å². The Hall–Kier alpha value is -2.66. The van der Waals surface area contributed by atoms with Crippen molar-refractivity contribution in [2.45, 2.75) is 25.9 Å². The van der Waals surface area contributed by atoms with E-state index >= 15 is 0 Å². The Kier molecular flexibility index (Phi) is 4.91. The second-order valence-corrected chi connectivity index (χ2v) is 5.65. The van der Waals surface area contributed by atoms with Gasteiger partial charge in [0, 0.05) is 11.6 Å². The highest BCUT2D eigenvalue weighted by Gasteiger charge is 2.26. The topological polar surface area (TPSA) is 66.6 Å². The number of hydrogen-bond donors (Lipinski definition) is 1. The summed E-state index contributed by atoms with van der Waals surface area (Å²) >= 11 is 0. The predicted molar refractivity (Wildman–Crippen MR) is 91.5 cm³/mol. The van der Waals surface area contributed by atoms with Crippen LogP contribution in [0.3, 0.4) is 0 Å². The molecule has 0 saturated heterocycles. The van der Waals surface area contributed by atoms with Crippen LogP contribution in [0, 0.1) is 0 Å². The first-order valence-electron chi connectivity index (χ1n) is 8.03. The normalized spacial score (nSPS) is 12.2. The average molecular weight is 324 g/mol. The Labute approximate surface area is 140 Å². The molecule has 0 fully saturated rings. The molecule has 0 saturated carbocycles. The molecule has 2 aromatic heterocycles. The van der Waals surface area contributed by atoms with Crippen LogP contribution in [-0.2, 0) is 6.54 Å². The van der Waals surface area contributed by atoms with Gasteiger partial charge in [-0.3, -0.25) is 9.78 Å². The van der Waals surface area contributed by atoms with Crippen LogP contribution >= 0.6 is 0 Å². The van der Waals surface area contributed by atoms with Crippen molar-refractivity contribution in [2.75, 3.05) is 6.61 Å². The molecule has 124 valence electrons. The fraction of sp³-hybridized carbons (Fsp3) is 0.263. The highest BCUT2D eigenvalue weighted by molar-refractivity contribution is 5.96. The Morgan fingerprint density at radius 2 is 2.04 bits per heavy atom. The summed E-state index contributed by atoms with van der Waals surface area (Å²) in [7, 11) is 0. The number of rotatable bonds is 6. The maximum atomic E-state index is 13.0. The molecule has 0 aliphatic rings. The molecule has 1 unspecified atom stereocenters. The number of aromatic nitrogens is 1. The van der Waals surface area contributed by atoms with Crippen LogP contribution in [0.15, 0.2) is 59.1 Å². The number of carbonyl (C=O) groups is 1. The van der Waals surface area contributed by atoms with Crippen LogP contribution in [0.1, 0.15) is 29.6 Å². The molecule has 3 rings (SSSR count). The number of pyridine rings is 1. The van der Waals surface area contributed by atoms with Gasteiger partial charge < -0.3 is 14.4 Å². The third-order valence-electron chi connectivity index (χ3n) is 4.08. The molecule has 1 atom stereocenters. The Bertz CT molecular complexity index is 777. The summed E-state index contributed by atoms with van der Waals surface area (Å²) in [4.78, 5) is 18.9. The molecule has 2 heterocycles. The van der Waals surface area contributed by atoms with E-state index in [-0.39, 0.29) is 24.3 Å². The number of fused-ring (bicyclic) bond motifs is 1. The predicted octanol–water partition coefficient (Wildman–Crippen LogP) is 3.24. The van der Waals surface area contributed by atoms with E-state index < -0.39 is 0 Å². The highest BCUT2D eigenvalue weighted by atomic mass is 16.3. The van der Waals surface area contributed by atoms with Gasteiger partial charge in [-0.15, -0.1) is 0 Å². The first-order valence-corrected chi connectivity index (χ1v) is 8.03. The minimum absolute atomic E-state index is 0.102. The molecule has 0 aliphatic heterocycles. The summed E-state index contributed by atoms with van der Waals surface area (Å²) in [5.41, 5.74) is 1.45. The zero-order valence-corrected chi connectivity index (χ0v) is 13.6. The van der Waals surface area contributed by atoms with Crippen molar-refractivity contribution in [3.05, 3.63) is 66.2 Å². The quantitative estimate of drug-likeness (QED) is 0.756. The van der Waals surface area contributed by atoms with Crippen molar-refractivity contribution in [1.82, 2.24) is 9.88 Å². The number of hydrogen-bond acceptors (Lipinski definition) is 4. The van der Waals surface area contributed by atoms with E-state index in [9.17, 15) is 9.90 Å². The van der Waals surface area contributed by atoms with Crippen molar-refractivity contribution in [1.29, 1.82) is 0 Å². The molecule has 1 aromatic carbocycles. The van der Waals surface area contributed by atoms with E-state index in [0.717, 1.165) is 11.1 Å². The fourth-order valence-corrected chi connectivity index (χ4v) is 2.71. The number of furan rings is 1. The molecular weight excluding hydrogens is 304 g/mol. The van der Waals surface area contributed by atoms with Crippen LogP contribution in [0.25, 0.3) is 11.0 Å². The van der Waals surface area contributed by atoms with E-state index in [1.807, 2.05) is 49.4 Å². The van der Waals surface area contributed by atoms with E-state index in [1.165, 1.54) is 0 Å². The minimum atomic E-state index is -0.285. The lowest BCUT2D eigenvalue weighted by Gasteiger charge is -2.28. The van der Waals surface area contributed by atoms with Crippen LogP contribution < -0.4 is 0 Å². The summed E-state index contributed by atoms with van der Waals surface area (Å²) in [5.74, 6) is 0.0387. The first kappa shape index (κ1) is 16.2. The SMILES string of the molecule is CCC(CO)N(Cc1ccccn1)C(=O)c1cc2ccccc2o1. The summed E-state index contributed by atoms with van der Waals surface area (Å²) < 4.78 is 5.69. The molecule has 3 aromatic rings. The Morgan fingerprint density at radius 3 is 2.71 bits per heavy atom. The van der Waals surface area contributed by atoms with Gasteiger partial charge >= 0.3 is 0 Å². The van der Waals surface area contributed by atoms with Gasteiger partial charge in [-0.25, -0.2) is 0 Å². The molecular formula is C19H20N2O3. The molecule has 5 nitrogen and oxygen atoms in total. The third kappa shape index (κ3) is 3.31. The summed E-state index contributed by atoms with van der Waals surface area (Å²) in [6, 6.07) is 14.5. The standard InChI is InChI=1S/C19H20N2O3/c1-2-16(13-22)21(12-15-8-5-6-10-20-15)19(23)18-11-14-7-3-4-9-17(14)24-18/h3-11,16,22H,2,12-13H2,1H3. The molecule has 5 heteroatoms. The number of aliphatic hydroxyl groups excluding tert-OH is 1. The smallest absolute Gasteiger partial charge is 0.290 e. The van der Waals surface area contributed by atoms with Gasteiger partial charge in [0.25, 0.3) is 5.91 Å². The number of benzene rings is 1. The van der Waals surface area contributed by atoms with Crippen molar-refractivity contribution in [3.8, 4) is 0 Å². The first-order chi connectivity index (χ1) is 11.7. The minimum Gasteiger partial charge on any atom is -0.451 e. The van der Waals surface area contributed by atoms with E-state index in [4.69, 9.17) is 4.42 Å². The van der Waals surface area contributed by atoms with Gasteiger partial charge in [0.15, 0.2) is 5.76 Å². The lowest BCUT2D eigenvalue weighted by atomic mass is 10.1. The second kappa shape index (κ2) is 7.27. The molecule has 0 radical (unpaired) electrons. The Morgan fingerprint density at radius 1 is 1.25 bits per heavy atom. The summed E-state index contributed by atoms with van der Waals surface area (Å²) in [6.07, 6.45) is 2.34. The monoisotopic (exact) mass is 324 g/mol. The van der Waals surface area contributed by atoms with Crippen molar-refractivity contribution in [3.63, 3.8) is 0 Å². The number of amides is 1. The van der Waals surface area contributed by atoms with Crippen LogP contribution in [-0.4, -0.2) is 33.5 Å². The number of para-hydroxylation sites is 1. The van der Waals surface area contributed by atoms with Crippen molar-refractivity contribution >= 4 is 16.9 Å².